The molecule has 0 saturated carbocycles. The van der Waals surface area contributed by atoms with Crippen LogP contribution in [0.4, 0.5) is 13.2 Å². The first kappa shape index (κ1) is 15.4. The van der Waals surface area contributed by atoms with Gasteiger partial charge in [-0.05, 0) is 30.3 Å². The van der Waals surface area contributed by atoms with Gasteiger partial charge in [-0.1, -0.05) is 19.6 Å². The van der Waals surface area contributed by atoms with Crippen molar-refractivity contribution in [3.8, 4) is 0 Å². The van der Waals surface area contributed by atoms with E-state index in [9.17, 15) is 17.4 Å². The van der Waals surface area contributed by atoms with Crippen molar-refractivity contribution in [1.82, 2.24) is 0 Å². The first-order valence-electron chi connectivity index (χ1n) is 5.65. The molecule has 0 saturated heterocycles. The maximum Gasteiger partial charge on any atom is 0.416 e. The lowest BCUT2D eigenvalue weighted by Crippen LogP contribution is -2.22. The standard InChI is InChI=1S/C12H17F3OSSi/c1-18(2,3)9-8-17(16)11-6-4-10(5-7-11)12(13,14)15/h4-7H,8-9H2,1-3H3. The molecular weight excluding hydrogens is 277 g/mol. The molecule has 0 aliphatic carbocycles. The van der Waals surface area contributed by atoms with Crippen LogP contribution in [0.5, 0.6) is 0 Å². The van der Waals surface area contributed by atoms with E-state index < -0.39 is 30.6 Å². The second-order valence-corrected chi connectivity index (χ2v) is 12.6. The number of hydrogen-bond donors (Lipinski definition) is 0. The van der Waals surface area contributed by atoms with Gasteiger partial charge >= 0.3 is 6.18 Å². The smallest absolute Gasteiger partial charge is 0.254 e. The SMILES string of the molecule is C[Si](C)(C)CCS(=O)c1ccc(C(F)(F)F)cc1. The number of benzene rings is 1. The molecule has 0 radical (unpaired) electrons. The van der Waals surface area contributed by atoms with Crippen molar-refractivity contribution in [2.24, 2.45) is 0 Å². The van der Waals surface area contributed by atoms with Crippen LogP contribution >= 0.6 is 0 Å². The molecular formula is C12H17F3OSSi. The topological polar surface area (TPSA) is 17.1 Å². The average molecular weight is 294 g/mol. The summed E-state index contributed by atoms with van der Waals surface area (Å²) in [4.78, 5) is 0.473. The van der Waals surface area contributed by atoms with Crippen LogP contribution in [0.2, 0.25) is 25.7 Å². The normalized spacial score (nSPS) is 14.6. The lowest BCUT2D eigenvalue weighted by atomic mass is 10.2. The van der Waals surface area contributed by atoms with Gasteiger partial charge < -0.3 is 0 Å². The van der Waals surface area contributed by atoms with E-state index in [0.717, 1.165) is 18.2 Å². The van der Waals surface area contributed by atoms with Gasteiger partial charge in [-0.2, -0.15) is 13.2 Å². The Balaban J connectivity index is 2.71. The zero-order chi connectivity index (χ0) is 14.0. The van der Waals surface area contributed by atoms with Crippen molar-refractivity contribution in [2.45, 2.75) is 36.8 Å². The van der Waals surface area contributed by atoms with Crippen LogP contribution in [0, 0.1) is 0 Å². The van der Waals surface area contributed by atoms with Gasteiger partial charge in [0.25, 0.3) is 0 Å². The maximum atomic E-state index is 12.4. The largest absolute Gasteiger partial charge is 0.416 e. The zero-order valence-electron chi connectivity index (χ0n) is 10.7. The molecule has 0 aliphatic heterocycles. The Bertz CT molecular complexity index is 420. The highest BCUT2D eigenvalue weighted by atomic mass is 32.2. The highest BCUT2D eigenvalue weighted by molar-refractivity contribution is 7.85. The van der Waals surface area contributed by atoms with Crippen molar-refractivity contribution < 1.29 is 17.4 Å². The van der Waals surface area contributed by atoms with Crippen molar-refractivity contribution in [2.75, 3.05) is 5.75 Å². The van der Waals surface area contributed by atoms with Crippen LogP contribution in [0.1, 0.15) is 5.56 Å². The highest BCUT2D eigenvalue weighted by Gasteiger charge is 2.30. The minimum Gasteiger partial charge on any atom is -0.254 e. The molecule has 0 fully saturated rings. The molecule has 6 heteroatoms. The minimum absolute atomic E-state index is 0.473. The Kier molecular flexibility index (Phi) is 4.77. The average Bonchev–Trinajstić information content (AvgIpc) is 2.24. The van der Waals surface area contributed by atoms with Gasteiger partial charge in [-0.3, -0.25) is 4.21 Å². The van der Waals surface area contributed by atoms with Gasteiger partial charge in [0.15, 0.2) is 0 Å². The summed E-state index contributed by atoms with van der Waals surface area (Å²) < 4.78 is 49.0. The molecule has 0 aliphatic rings. The van der Waals surface area contributed by atoms with Gasteiger partial charge in [0.2, 0.25) is 0 Å². The first-order chi connectivity index (χ1) is 8.09. The van der Waals surface area contributed by atoms with Crippen molar-refractivity contribution in [3.05, 3.63) is 29.8 Å². The summed E-state index contributed by atoms with van der Waals surface area (Å²) in [5, 5.41) is 0. The Hall–Kier alpha value is -0.623. The second-order valence-electron chi connectivity index (χ2n) is 5.38. The summed E-state index contributed by atoms with van der Waals surface area (Å²) >= 11 is 0. The van der Waals surface area contributed by atoms with E-state index in [1.165, 1.54) is 12.1 Å². The van der Waals surface area contributed by atoms with Gasteiger partial charge in [-0.15, -0.1) is 0 Å². The predicted molar refractivity (Wildman–Crippen MR) is 70.9 cm³/mol. The molecule has 0 bridgehead atoms. The monoisotopic (exact) mass is 294 g/mol. The van der Waals surface area contributed by atoms with E-state index in [-0.39, 0.29) is 0 Å². The van der Waals surface area contributed by atoms with Gasteiger partial charge in [0.1, 0.15) is 0 Å². The fourth-order valence-electron chi connectivity index (χ4n) is 1.31. The third-order valence-corrected chi connectivity index (χ3v) is 5.97. The lowest BCUT2D eigenvalue weighted by Gasteiger charge is -2.15. The van der Waals surface area contributed by atoms with Crippen LogP contribution < -0.4 is 0 Å². The summed E-state index contributed by atoms with van der Waals surface area (Å²) in [5.41, 5.74) is -0.701. The first-order valence-corrected chi connectivity index (χ1v) is 10.7. The van der Waals surface area contributed by atoms with Crippen molar-refractivity contribution >= 4 is 18.9 Å². The quantitative estimate of drug-likeness (QED) is 0.762. The third-order valence-electron chi connectivity index (χ3n) is 2.48. The Morgan fingerprint density at radius 1 is 1.11 bits per heavy atom. The third kappa shape index (κ3) is 4.94. The Morgan fingerprint density at radius 2 is 1.61 bits per heavy atom. The van der Waals surface area contributed by atoms with Crippen LogP contribution in [-0.4, -0.2) is 18.0 Å². The highest BCUT2D eigenvalue weighted by Crippen LogP contribution is 2.29. The summed E-state index contributed by atoms with van der Waals surface area (Å²) in [7, 11) is -2.46. The second kappa shape index (κ2) is 5.57. The fraction of sp³-hybridized carbons (Fsp3) is 0.500. The van der Waals surface area contributed by atoms with Crippen LogP contribution in [0.15, 0.2) is 29.2 Å². The number of rotatable bonds is 4. The summed E-state index contributed by atoms with van der Waals surface area (Å²) in [6.45, 7) is 6.53. The zero-order valence-corrected chi connectivity index (χ0v) is 12.5. The Labute approximate surface area is 109 Å². The maximum absolute atomic E-state index is 12.4. The van der Waals surface area contributed by atoms with Crippen molar-refractivity contribution in [3.63, 3.8) is 0 Å². The van der Waals surface area contributed by atoms with Crippen LogP contribution in [-0.2, 0) is 17.0 Å². The molecule has 18 heavy (non-hydrogen) atoms. The van der Waals surface area contributed by atoms with E-state index in [0.29, 0.717) is 10.6 Å². The van der Waals surface area contributed by atoms with E-state index in [2.05, 4.69) is 19.6 Å². The molecule has 0 amide bonds. The summed E-state index contributed by atoms with van der Waals surface area (Å²) in [5.74, 6) is 0.529. The molecule has 1 unspecified atom stereocenters. The number of halogens is 3. The van der Waals surface area contributed by atoms with Crippen molar-refractivity contribution in [1.29, 1.82) is 0 Å². The lowest BCUT2D eigenvalue weighted by molar-refractivity contribution is -0.137. The molecule has 0 N–H and O–H groups in total. The van der Waals surface area contributed by atoms with E-state index in [1.807, 2.05) is 0 Å². The van der Waals surface area contributed by atoms with Crippen LogP contribution in [0.25, 0.3) is 0 Å². The summed E-state index contributed by atoms with van der Waals surface area (Å²) in [6.07, 6.45) is -4.33. The molecule has 102 valence electrons. The molecule has 1 aromatic rings. The molecule has 0 aromatic heterocycles. The predicted octanol–water partition coefficient (Wildman–Crippen LogP) is 4.15. The van der Waals surface area contributed by atoms with Crippen LogP contribution in [0.3, 0.4) is 0 Å². The van der Waals surface area contributed by atoms with Gasteiger partial charge in [0, 0.05) is 18.7 Å². The molecule has 1 atom stereocenters. The Morgan fingerprint density at radius 3 is 2.00 bits per heavy atom. The number of hydrogen-bond acceptors (Lipinski definition) is 1. The van der Waals surface area contributed by atoms with E-state index >= 15 is 0 Å². The molecule has 1 rings (SSSR count). The minimum atomic E-state index is -4.33. The molecule has 1 nitrogen and oxygen atoms in total. The van der Waals surface area contributed by atoms with Gasteiger partial charge in [-0.25, -0.2) is 0 Å². The number of alkyl halides is 3. The van der Waals surface area contributed by atoms with E-state index in [4.69, 9.17) is 0 Å². The van der Waals surface area contributed by atoms with E-state index in [1.54, 1.807) is 0 Å². The fourth-order valence-corrected chi connectivity index (χ4v) is 5.18. The molecule has 0 spiro atoms. The van der Waals surface area contributed by atoms with Gasteiger partial charge in [0.05, 0.1) is 16.4 Å². The summed E-state index contributed by atoms with van der Waals surface area (Å²) in [6, 6.07) is 5.50. The molecule has 0 heterocycles. The molecule has 1 aromatic carbocycles.